The van der Waals surface area contributed by atoms with Crippen LogP contribution in [0, 0.1) is 35.4 Å². The molecule has 1 aliphatic carbocycles. The summed E-state index contributed by atoms with van der Waals surface area (Å²) in [5.41, 5.74) is 3.19. The zero-order valence-corrected chi connectivity index (χ0v) is 23.5. The highest BCUT2D eigenvalue weighted by atomic mass is 19.1. The molecule has 2 aromatic heterocycles. The van der Waals surface area contributed by atoms with E-state index in [0.717, 1.165) is 36.8 Å². The molecule has 0 bridgehead atoms. The number of fused-ring (bicyclic) bond motifs is 1. The molecule has 0 unspecified atom stereocenters. The van der Waals surface area contributed by atoms with Crippen molar-refractivity contribution in [2.45, 2.75) is 71.4 Å². The van der Waals surface area contributed by atoms with Crippen molar-refractivity contribution in [1.82, 2.24) is 9.55 Å². The van der Waals surface area contributed by atoms with Gasteiger partial charge in [-0.15, -0.1) is 0 Å². The molecule has 1 aliphatic rings. The third-order valence-electron chi connectivity index (χ3n) is 6.67. The fourth-order valence-corrected chi connectivity index (χ4v) is 4.58. The van der Waals surface area contributed by atoms with E-state index in [0.29, 0.717) is 16.7 Å². The topological polar surface area (TPSA) is 107 Å². The van der Waals surface area contributed by atoms with Gasteiger partial charge in [-0.05, 0) is 75.9 Å². The Morgan fingerprint density at radius 3 is 2.44 bits per heavy atom. The lowest BCUT2D eigenvalue weighted by molar-refractivity contribution is 0.00198. The molecule has 0 saturated heterocycles. The fraction of sp³-hybridized carbons (Fsp3) is 0.433. The largest absolute Gasteiger partial charge is 0.390 e. The quantitative estimate of drug-likeness (QED) is 0.315. The van der Waals surface area contributed by atoms with E-state index in [1.54, 1.807) is 31.5 Å². The Bertz CT molecular complexity index is 1500. The van der Waals surface area contributed by atoms with Gasteiger partial charge in [0.1, 0.15) is 40.3 Å². The van der Waals surface area contributed by atoms with Crippen LogP contribution in [-0.2, 0) is 11.9 Å². The Labute approximate surface area is 228 Å². The molecule has 0 N–H and O–H groups in total. The van der Waals surface area contributed by atoms with E-state index in [1.807, 2.05) is 45.7 Å². The van der Waals surface area contributed by atoms with Crippen LogP contribution >= 0.6 is 0 Å². The van der Waals surface area contributed by atoms with Gasteiger partial charge in [-0.3, -0.25) is 4.79 Å². The molecule has 1 saturated carbocycles. The maximum Gasteiger partial charge on any atom is 0.270 e. The molecule has 0 amide bonds. The van der Waals surface area contributed by atoms with Crippen LogP contribution in [0.4, 0.5) is 10.1 Å². The number of hydrogen-bond donors (Lipinski definition) is 0. The number of benzene rings is 1. The van der Waals surface area contributed by atoms with Crippen LogP contribution in [0.25, 0.3) is 11.0 Å². The molecule has 0 radical (unpaired) electrons. The average Bonchev–Trinajstić information content (AvgIpc) is 2.91. The fourth-order valence-electron chi connectivity index (χ4n) is 4.58. The highest BCUT2D eigenvalue weighted by molar-refractivity contribution is 5.92. The van der Waals surface area contributed by atoms with Crippen LogP contribution in [0.5, 0.6) is 0 Å². The van der Waals surface area contributed by atoms with E-state index >= 15 is 0 Å². The standard InChI is InChI=1S/C18H19N5O.C12H16FNO/c1-22(13-6-4-3-5-7-13)17-14(11-20)18(24)23(2)15-9-8-12(10-19)21-16(15)17;1-9-7-11(13)6-5-10(9)8-14-15-12(2,3)4/h8-9,13H,3-7H2,1-2H3;5-8H,1-4H3/b;14-8-. The number of oxime groups is 1. The van der Waals surface area contributed by atoms with Crippen molar-refractivity contribution < 1.29 is 9.23 Å². The number of nitrogens with zero attached hydrogens (tertiary/aromatic N) is 6. The van der Waals surface area contributed by atoms with Crippen molar-refractivity contribution in [3.63, 3.8) is 0 Å². The summed E-state index contributed by atoms with van der Waals surface area (Å²) in [6.45, 7) is 7.59. The van der Waals surface area contributed by atoms with Gasteiger partial charge in [-0.1, -0.05) is 30.5 Å². The summed E-state index contributed by atoms with van der Waals surface area (Å²) in [4.78, 5) is 24.2. The van der Waals surface area contributed by atoms with E-state index in [1.165, 1.54) is 23.1 Å². The molecule has 2 heterocycles. The van der Waals surface area contributed by atoms with Crippen molar-refractivity contribution in [2.75, 3.05) is 11.9 Å². The van der Waals surface area contributed by atoms with Crippen LogP contribution < -0.4 is 10.5 Å². The van der Waals surface area contributed by atoms with E-state index in [2.05, 4.69) is 16.2 Å². The van der Waals surface area contributed by atoms with Gasteiger partial charge in [0.25, 0.3) is 5.56 Å². The lowest BCUT2D eigenvalue weighted by atomic mass is 9.93. The van der Waals surface area contributed by atoms with E-state index < -0.39 is 0 Å². The van der Waals surface area contributed by atoms with Gasteiger partial charge < -0.3 is 14.3 Å². The number of pyridine rings is 2. The summed E-state index contributed by atoms with van der Waals surface area (Å²) in [6.07, 6.45) is 7.20. The molecule has 0 aliphatic heterocycles. The number of aromatic nitrogens is 2. The summed E-state index contributed by atoms with van der Waals surface area (Å²) in [6, 6.07) is 12.3. The molecule has 0 atom stereocenters. The van der Waals surface area contributed by atoms with Gasteiger partial charge in [-0.2, -0.15) is 10.5 Å². The molecule has 1 fully saturated rings. The molecule has 4 rings (SSSR count). The van der Waals surface area contributed by atoms with E-state index in [9.17, 15) is 14.4 Å². The summed E-state index contributed by atoms with van der Waals surface area (Å²) in [5.74, 6) is -0.235. The highest BCUT2D eigenvalue weighted by Gasteiger charge is 2.25. The minimum Gasteiger partial charge on any atom is -0.390 e. The first-order valence-electron chi connectivity index (χ1n) is 13.0. The van der Waals surface area contributed by atoms with Gasteiger partial charge in [0.15, 0.2) is 0 Å². The van der Waals surface area contributed by atoms with Gasteiger partial charge in [0.2, 0.25) is 0 Å². The maximum absolute atomic E-state index is 12.8. The number of hydrogen-bond acceptors (Lipinski definition) is 7. The third kappa shape index (κ3) is 7.20. The minimum atomic E-state index is -0.325. The Balaban J connectivity index is 0.000000242. The molecule has 204 valence electrons. The highest BCUT2D eigenvalue weighted by Crippen LogP contribution is 2.32. The first kappa shape index (κ1) is 29.3. The molecule has 3 aromatic rings. The number of anilines is 1. The van der Waals surface area contributed by atoms with Crippen molar-refractivity contribution in [1.29, 1.82) is 10.5 Å². The summed E-state index contributed by atoms with van der Waals surface area (Å²) in [5, 5.41) is 22.6. The van der Waals surface area contributed by atoms with Crippen LogP contribution in [0.3, 0.4) is 0 Å². The predicted octanol–water partition coefficient (Wildman–Crippen LogP) is 5.73. The SMILES string of the molecule is CN(c1c(C#N)c(=O)n(C)c2ccc(C#N)nc12)C1CCCCC1.Cc1cc(F)ccc1/C=N\OC(C)(C)C. The zero-order chi connectivity index (χ0) is 28.7. The van der Waals surface area contributed by atoms with Crippen LogP contribution in [0.1, 0.15) is 75.3 Å². The third-order valence-corrected chi connectivity index (χ3v) is 6.67. The van der Waals surface area contributed by atoms with E-state index in [-0.39, 0.29) is 34.3 Å². The molecule has 9 heteroatoms. The first-order chi connectivity index (χ1) is 18.5. The lowest BCUT2D eigenvalue weighted by Crippen LogP contribution is -2.36. The van der Waals surface area contributed by atoms with Crippen molar-refractivity contribution in [3.8, 4) is 12.1 Å². The molecule has 1 aromatic carbocycles. The summed E-state index contributed by atoms with van der Waals surface area (Å²) < 4.78 is 14.2. The molecule has 39 heavy (non-hydrogen) atoms. The smallest absolute Gasteiger partial charge is 0.270 e. The Kier molecular flexibility index (Phi) is 9.42. The molecular formula is C30H35FN6O2. The Morgan fingerprint density at radius 1 is 1.15 bits per heavy atom. The molecular weight excluding hydrogens is 495 g/mol. The number of aryl methyl sites for hydroxylation is 2. The summed E-state index contributed by atoms with van der Waals surface area (Å²) >= 11 is 0. The second-order valence-electron chi connectivity index (χ2n) is 10.7. The zero-order valence-electron chi connectivity index (χ0n) is 23.5. The van der Waals surface area contributed by atoms with Crippen molar-refractivity contribution in [3.05, 3.63) is 68.9 Å². The van der Waals surface area contributed by atoms with Crippen molar-refractivity contribution >= 4 is 22.9 Å². The second-order valence-corrected chi connectivity index (χ2v) is 10.7. The normalized spacial score (nSPS) is 13.9. The van der Waals surface area contributed by atoms with Gasteiger partial charge in [0, 0.05) is 20.1 Å². The Hall–Kier alpha value is -4.24. The van der Waals surface area contributed by atoms with Crippen LogP contribution in [-0.4, -0.2) is 34.5 Å². The second kappa shape index (κ2) is 12.5. The maximum atomic E-state index is 12.8. The molecule has 0 spiro atoms. The number of rotatable bonds is 4. The van der Waals surface area contributed by atoms with Gasteiger partial charge in [0.05, 0.1) is 17.4 Å². The predicted molar refractivity (Wildman–Crippen MR) is 151 cm³/mol. The minimum absolute atomic E-state index is 0.0978. The monoisotopic (exact) mass is 530 g/mol. The van der Waals surface area contributed by atoms with Crippen LogP contribution in [0.2, 0.25) is 0 Å². The first-order valence-corrected chi connectivity index (χ1v) is 13.0. The summed E-state index contributed by atoms with van der Waals surface area (Å²) in [7, 11) is 3.55. The number of nitriles is 2. The lowest BCUT2D eigenvalue weighted by Gasteiger charge is -2.33. The van der Waals surface area contributed by atoms with E-state index in [4.69, 9.17) is 10.1 Å². The van der Waals surface area contributed by atoms with Crippen molar-refractivity contribution in [2.24, 2.45) is 12.2 Å². The van der Waals surface area contributed by atoms with Crippen LogP contribution in [0.15, 0.2) is 40.3 Å². The Morgan fingerprint density at radius 2 is 1.85 bits per heavy atom. The number of halogens is 1. The van der Waals surface area contributed by atoms with Gasteiger partial charge >= 0.3 is 0 Å². The average molecular weight is 531 g/mol. The molecule has 8 nitrogen and oxygen atoms in total. The van der Waals surface area contributed by atoms with Gasteiger partial charge in [-0.25, -0.2) is 9.37 Å².